The summed E-state index contributed by atoms with van der Waals surface area (Å²) in [4.78, 5) is 19.8. The Hall–Kier alpha value is -3.39. The second-order valence-electron chi connectivity index (χ2n) is 6.13. The van der Waals surface area contributed by atoms with Crippen LogP contribution in [0.1, 0.15) is 6.92 Å². The number of para-hydroxylation sites is 1. The zero-order valence-corrected chi connectivity index (χ0v) is 15.8. The molecule has 0 unspecified atom stereocenters. The van der Waals surface area contributed by atoms with E-state index in [9.17, 15) is 13.2 Å². The number of sulfone groups is 1. The molecule has 0 spiro atoms. The normalized spacial score (nSPS) is 11.6. The second kappa shape index (κ2) is 6.97. The summed E-state index contributed by atoms with van der Waals surface area (Å²) >= 11 is 0. The number of fused-ring (bicyclic) bond motifs is 1. The minimum absolute atomic E-state index is 0.0215. The molecule has 142 valence electrons. The monoisotopic (exact) mass is 395 g/mol. The summed E-state index contributed by atoms with van der Waals surface area (Å²) in [6.07, 6.45) is 1.63. The van der Waals surface area contributed by atoms with Crippen LogP contribution in [0.3, 0.4) is 0 Å². The first-order chi connectivity index (χ1) is 13.5. The Morgan fingerprint density at radius 2 is 1.86 bits per heavy atom. The summed E-state index contributed by atoms with van der Waals surface area (Å²) in [6, 6.07) is 17.1. The lowest BCUT2D eigenvalue weighted by Crippen LogP contribution is -2.16. The van der Waals surface area contributed by atoms with Crippen LogP contribution in [-0.4, -0.2) is 28.7 Å². The van der Waals surface area contributed by atoms with Gasteiger partial charge in [0.1, 0.15) is 5.75 Å². The van der Waals surface area contributed by atoms with Gasteiger partial charge in [-0.05, 0) is 36.4 Å². The number of nitrogens with one attached hydrogen (secondary N) is 1. The molecule has 28 heavy (non-hydrogen) atoms. The Kier molecular flexibility index (Phi) is 4.48. The molecule has 1 N–H and O–H groups in total. The van der Waals surface area contributed by atoms with E-state index in [2.05, 4.69) is 9.97 Å². The first-order valence-electron chi connectivity index (χ1n) is 8.65. The maximum absolute atomic E-state index is 12.4. The fraction of sp³-hybridized carbons (Fsp3) is 0.100. The first kappa shape index (κ1) is 18.0. The summed E-state index contributed by atoms with van der Waals surface area (Å²) in [6.45, 7) is 1.60. The third kappa shape index (κ3) is 3.41. The number of nitrogens with zero attached hydrogens (tertiary/aromatic N) is 2. The zero-order valence-electron chi connectivity index (χ0n) is 15.0. The van der Waals surface area contributed by atoms with Gasteiger partial charge in [0.05, 0.1) is 21.7 Å². The Morgan fingerprint density at radius 1 is 1.07 bits per heavy atom. The summed E-state index contributed by atoms with van der Waals surface area (Å²) in [5.74, 6) is 0.353. The zero-order chi connectivity index (χ0) is 19.7. The predicted octanol–water partition coefficient (Wildman–Crippen LogP) is 3.30. The van der Waals surface area contributed by atoms with E-state index in [0.29, 0.717) is 16.8 Å². The Balaban J connectivity index is 1.63. The molecule has 2 aromatic heterocycles. The van der Waals surface area contributed by atoms with Crippen molar-refractivity contribution in [1.82, 2.24) is 14.5 Å². The minimum atomic E-state index is -3.31. The van der Waals surface area contributed by atoms with Crippen LogP contribution >= 0.6 is 0 Å². The van der Waals surface area contributed by atoms with Crippen molar-refractivity contribution in [3.8, 4) is 17.4 Å². The molecule has 0 amide bonds. The highest BCUT2D eigenvalue weighted by Crippen LogP contribution is 2.23. The van der Waals surface area contributed by atoms with Crippen molar-refractivity contribution in [3.63, 3.8) is 0 Å². The highest BCUT2D eigenvalue weighted by Gasteiger charge is 2.14. The van der Waals surface area contributed by atoms with Crippen molar-refractivity contribution in [2.45, 2.75) is 11.8 Å². The molecule has 0 aliphatic rings. The first-order valence-corrected chi connectivity index (χ1v) is 10.3. The van der Waals surface area contributed by atoms with Crippen molar-refractivity contribution in [2.75, 3.05) is 5.75 Å². The van der Waals surface area contributed by atoms with Crippen LogP contribution in [-0.2, 0) is 9.84 Å². The van der Waals surface area contributed by atoms with Crippen LogP contribution in [0.2, 0.25) is 0 Å². The largest absolute Gasteiger partial charge is 0.425 e. The Morgan fingerprint density at radius 3 is 2.57 bits per heavy atom. The number of aromatic nitrogens is 3. The second-order valence-corrected chi connectivity index (χ2v) is 8.41. The number of imidazole rings is 1. The molecular formula is C20H17N3O4S. The molecule has 0 aliphatic heterocycles. The SMILES string of the molecule is CCS(=O)(=O)c1ccc2nc(Oc3ccn(-c4ccccc4)c(=O)c3)[nH]c2c1. The molecule has 0 fully saturated rings. The van der Waals surface area contributed by atoms with Gasteiger partial charge in [0, 0.05) is 18.0 Å². The van der Waals surface area contributed by atoms with Crippen molar-refractivity contribution < 1.29 is 13.2 Å². The maximum atomic E-state index is 12.4. The van der Waals surface area contributed by atoms with E-state index in [0.717, 1.165) is 5.69 Å². The van der Waals surface area contributed by atoms with E-state index in [1.807, 2.05) is 30.3 Å². The van der Waals surface area contributed by atoms with Gasteiger partial charge in [-0.25, -0.2) is 8.42 Å². The Labute approximate surface area is 161 Å². The molecule has 0 saturated carbocycles. The molecule has 0 radical (unpaired) electrons. The average molecular weight is 395 g/mol. The predicted molar refractivity (Wildman–Crippen MR) is 106 cm³/mol. The number of hydrogen-bond donors (Lipinski definition) is 1. The van der Waals surface area contributed by atoms with Crippen LogP contribution in [0.4, 0.5) is 0 Å². The lowest BCUT2D eigenvalue weighted by Gasteiger charge is -2.06. The molecule has 4 rings (SSSR count). The van der Waals surface area contributed by atoms with E-state index < -0.39 is 9.84 Å². The van der Waals surface area contributed by atoms with Gasteiger partial charge in [0.2, 0.25) is 0 Å². The number of H-pyrrole nitrogens is 1. The van der Waals surface area contributed by atoms with Crippen LogP contribution < -0.4 is 10.3 Å². The Bertz CT molecular complexity index is 1310. The fourth-order valence-corrected chi connectivity index (χ4v) is 3.72. The maximum Gasteiger partial charge on any atom is 0.300 e. The third-order valence-electron chi connectivity index (χ3n) is 4.31. The average Bonchev–Trinajstić information content (AvgIpc) is 3.10. The highest BCUT2D eigenvalue weighted by molar-refractivity contribution is 7.91. The van der Waals surface area contributed by atoms with E-state index >= 15 is 0 Å². The number of benzene rings is 2. The lowest BCUT2D eigenvalue weighted by molar-refractivity contribution is 0.447. The summed E-state index contributed by atoms with van der Waals surface area (Å²) in [5, 5.41) is 0. The van der Waals surface area contributed by atoms with Crippen LogP contribution in [0, 0.1) is 0 Å². The van der Waals surface area contributed by atoms with Gasteiger partial charge >= 0.3 is 0 Å². The van der Waals surface area contributed by atoms with Crippen LogP contribution in [0.25, 0.3) is 16.7 Å². The summed E-state index contributed by atoms with van der Waals surface area (Å²) in [5.41, 5.74) is 1.63. The van der Waals surface area contributed by atoms with Crippen molar-refractivity contribution in [2.24, 2.45) is 0 Å². The summed E-state index contributed by atoms with van der Waals surface area (Å²) in [7, 11) is -3.31. The number of hydrogen-bond acceptors (Lipinski definition) is 5. The standard InChI is InChI=1S/C20H17N3O4S/c1-2-28(25,26)16-8-9-17-18(13-16)22-20(21-17)27-15-10-11-23(19(24)12-15)14-6-4-3-5-7-14/h3-13H,2H2,1H3,(H,21,22). The number of ether oxygens (including phenoxy) is 1. The summed E-state index contributed by atoms with van der Waals surface area (Å²) < 4.78 is 31.2. The van der Waals surface area contributed by atoms with Gasteiger partial charge in [0.25, 0.3) is 11.6 Å². The van der Waals surface area contributed by atoms with Crippen molar-refractivity contribution in [1.29, 1.82) is 0 Å². The van der Waals surface area contributed by atoms with E-state index in [4.69, 9.17) is 4.74 Å². The molecule has 0 aliphatic carbocycles. The quantitative estimate of drug-likeness (QED) is 0.560. The lowest BCUT2D eigenvalue weighted by atomic mass is 10.3. The third-order valence-corrected chi connectivity index (χ3v) is 6.04. The number of aromatic amines is 1. The van der Waals surface area contributed by atoms with Crippen molar-refractivity contribution >= 4 is 20.9 Å². The topological polar surface area (TPSA) is 94.1 Å². The van der Waals surface area contributed by atoms with E-state index in [1.54, 1.807) is 25.3 Å². The smallest absolute Gasteiger partial charge is 0.300 e. The minimum Gasteiger partial charge on any atom is -0.425 e. The molecule has 7 nitrogen and oxygen atoms in total. The molecule has 0 bridgehead atoms. The fourth-order valence-electron chi connectivity index (χ4n) is 2.81. The van der Waals surface area contributed by atoms with Gasteiger partial charge in [-0.1, -0.05) is 25.1 Å². The number of pyridine rings is 1. The van der Waals surface area contributed by atoms with Gasteiger partial charge in [-0.3, -0.25) is 9.36 Å². The van der Waals surface area contributed by atoms with Gasteiger partial charge in [-0.2, -0.15) is 4.98 Å². The molecule has 0 saturated heterocycles. The molecule has 8 heteroatoms. The van der Waals surface area contributed by atoms with E-state index in [-0.39, 0.29) is 22.2 Å². The van der Waals surface area contributed by atoms with Gasteiger partial charge in [-0.15, -0.1) is 0 Å². The number of rotatable bonds is 5. The van der Waals surface area contributed by atoms with Gasteiger partial charge < -0.3 is 9.72 Å². The molecule has 0 atom stereocenters. The van der Waals surface area contributed by atoms with Crippen LogP contribution in [0.15, 0.2) is 76.6 Å². The van der Waals surface area contributed by atoms with Gasteiger partial charge in [0.15, 0.2) is 9.84 Å². The molecule has 2 aromatic carbocycles. The molecule has 4 aromatic rings. The molecule has 2 heterocycles. The highest BCUT2D eigenvalue weighted by atomic mass is 32.2. The van der Waals surface area contributed by atoms with Crippen molar-refractivity contribution in [3.05, 3.63) is 77.2 Å². The molecular weight excluding hydrogens is 378 g/mol. The van der Waals surface area contributed by atoms with E-state index in [1.165, 1.54) is 22.8 Å². The van der Waals surface area contributed by atoms with Crippen LogP contribution in [0.5, 0.6) is 11.8 Å².